The fraction of sp³-hybridized carbons (Fsp3) is 0.833. The van der Waals surface area contributed by atoms with Crippen molar-refractivity contribution in [3.8, 4) is 0 Å². The van der Waals surface area contributed by atoms with Crippen molar-refractivity contribution in [2.24, 2.45) is 0 Å². The van der Waals surface area contributed by atoms with Gasteiger partial charge in [-0.1, -0.05) is 0 Å². The molecule has 0 aromatic heterocycles. The molecule has 1 unspecified atom stereocenters. The predicted molar refractivity (Wildman–Crippen MR) is 110 cm³/mol. The van der Waals surface area contributed by atoms with Crippen molar-refractivity contribution in [2.75, 3.05) is 39.0 Å². The van der Waals surface area contributed by atoms with Crippen molar-refractivity contribution >= 4 is 25.7 Å². The second-order valence-corrected chi connectivity index (χ2v) is 10.0. The van der Waals surface area contributed by atoms with Gasteiger partial charge in [-0.15, -0.1) is 0 Å². The molecule has 30 heavy (non-hydrogen) atoms. The molecule has 174 valence electrons. The van der Waals surface area contributed by atoms with Gasteiger partial charge in [0.2, 0.25) is 5.91 Å². The van der Waals surface area contributed by atoms with Crippen molar-refractivity contribution in [3.05, 3.63) is 0 Å². The SMILES string of the molecule is CCOP(=O)(C[C@H](NC(=O)OC(C)(C)C)C(=O)N1CCN(C(=O)O)C(C)C1)OCC. The Labute approximate surface area is 177 Å². The van der Waals surface area contributed by atoms with E-state index in [1.165, 1.54) is 9.80 Å². The average molecular weight is 451 g/mol. The summed E-state index contributed by atoms with van der Waals surface area (Å²) in [7, 11) is -3.65. The lowest BCUT2D eigenvalue weighted by Gasteiger charge is -2.39. The van der Waals surface area contributed by atoms with E-state index >= 15 is 0 Å². The number of hydrogen-bond acceptors (Lipinski definition) is 7. The molecule has 1 aliphatic rings. The smallest absolute Gasteiger partial charge is 0.408 e. The summed E-state index contributed by atoms with van der Waals surface area (Å²) in [4.78, 5) is 39.4. The van der Waals surface area contributed by atoms with Crippen LogP contribution in [-0.2, 0) is 23.1 Å². The minimum atomic E-state index is -3.65. The molecule has 0 aliphatic carbocycles. The van der Waals surface area contributed by atoms with Crippen molar-refractivity contribution < 1.29 is 37.8 Å². The summed E-state index contributed by atoms with van der Waals surface area (Å²) in [5.74, 6) is -0.502. The van der Waals surface area contributed by atoms with Crippen LogP contribution in [0.5, 0.6) is 0 Å². The Balaban J connectivity index is 3.04. The fourth-order valence-electron chi connectivity index (χ4n) is 3.06. The monoisotopic (exact) mass is 451 g/mol. The van der Waals surface area contributed by atoms with Crippen LogP contribution in [0.2, 0.25) is 0 Å². The summed E-state index contributed by atoms with van der Waals surface area (Å²) in [6, 6.07) is -1.64. The van der Waals surface area contributed by atoms with Gasteiger partial charge in [-0.05, 0) is 41.5 Å². The maximum atomic E-state index is 13.2. The molecule has 0 bridgehead atoms. The van der Waals surface area contributed by atoms with E-state index in [1.54, 1.807) is 41.5 Å². The minimum Gasteiger partial charge on any atom is -0.465 e. The lowest BCUT2D eigenvalue weighted by Crippen LogP contribution is -2.59. The number of nitrogens with one attached hydrogen (secondary N) is 1. The Morgan fingerprint density at radius 2 is 1.73 bits per heavy atom. The van der Waals surface area contributed by atoms with E-state index in [9.17, 15) is 24.1 Å². The largest absolute Gasteiger partial charge is 0.465 e. The maximum Gasteiger partial charge on any atom is 0.408 e. The van der Waals surface area contributed by atoms with Gasteiger partial charge >= 0.3 is 19.8 Å². The first-order valence-corrected chi connectivity index (χ1v) is 11.7. The number of piperazine rings is 1. The molecular weight excluding hydrogens is 417 g/mol. The molecule has 12 heteroatoms. The molecule has 1 rings (SSSR count). The van der Waals surface area contributed by atoms with Gasteiger partial charge < -0.3 is 34.0 Å². The highest BCUT2D eigenvalue weighted by molar-refractivity contribution is 7.54. The van der Waals surface area contributed by atoms with Crippen LogP contribution >= 0.6 is 7.60 Å². The molecule has 2 N–H and O–H groups in total. The summed E-state index contributed by atoms with van der Waals surface area (Å²) in [5, 5.41) is 11.7. The molecule has 3 amide bonds. The molecule has 11 nitrogen and oxygen atoms in total. The third-order valence-corrected chi connectivity index (χ3v) is 6.35. The number of carbonyl (C=O) groups is 3. The molecule has 0 aromatic rings. The summed E-state index contributed by atoms with van der Waals surface area (Å²) in [5.41, 5.74) is -0.789. The Hall–Kier alpha value is -1.84. The van der Waals surface area contributed by atoms with Crippen molar-refractivity contribution in [3.63, 3.8) is 0 Å². The normalized spacial score (nSPS) is 18.7. The second kappa shape index (κ2) is 11.0. The number of carboxylic acid groups (broad SMARTS) is 1. The van der Waals surface area contributed by atoms with Gasteiger partial charge in [0, 0.05) is 25.7 Å². The van der Waals surface area contributed by atoms with Gasteiger partial charge in [-0.25, -0.2) is 9.59 Å². The van der Waals surface area contributed by atoms with Gasteiger partial charge in [0.05, 0.1) is 19.4 Å². The Bertz CT molecular complexity index is 656. The van der Waals surface area contributed by atoms with E-state index in [2.05, 4.69) is 5.32 Å². The van der Waals surface area contributed by atoms with Gasteiger partial charge in [0.25, 0.3) is 0 Å². The highest BCUT2D eigenvalue weighted by atomic mass is 31.2. The number of amides is 3. The van der Waals surface area contributed by atoms with Crippen LogP contribution in [0.3, 0.4) is 0 Å². The highest BCUT2D eigenvalue weighted by Crippen LogP contribution is 2.48. The summed E-state index contributed by atoms with van der Waals surface area (Å²) in [6.07, 6.45) is -2.26. The maximum absolute atomic E-state index is 13.2. The van der Waals surface area contributed by atoms with E-state index < -0.39 is 43.4 Å². The first-order valence-electron chi connectivity index (χ1n) is 9.98. The topological polar surface area (TPSA) is 135 Å². The second-order valence-electron chi connectivity index (χ2n) is 7.94. The van der Waals surface area contributed by atoms with Crippen LogP contribution in [0, 0.1) is 0 Å². The molecule has 0 spiro atoms. The van der Waals surface area contributed by atoms with E-state index in [0.29, 0.717) is 0 Å². The molecule has 0 saturated carbocycles. The average Bonchev–Trinajstić information content (AvgIpc) is 2.58. The van der Waals surface area contributed by atoms with E-state index in [1.807, 2.05) is 0 Å². The van der Waals surface area contributed by atoms with Gasteiger partial charge in [0.15, 0.2) is 0 Å². The zero-order chi connectivity index (χ0) is 23.1. The van der Waals surface area contributed by atoms with E-state index in [0.717, 1.165) is 0 Å². The number of rotatable bonds is 8. The number of nitrogens with zero attached hydrogens (tertiary/aromatic N) is 2. The zero-order valence-electron chi connectivity index (χ0n) is 18.5. The minimum absolute atomic E-state index is 0.110. The van der Waals surface area contributed by atoms with Crippen molar-refractivity contribution in [1.82, 2.24) is 15.1 Å². The molecule has 0 aromatic carbocycles. The van der Waals surface area contributed by atoms with Crippen molar-refractivity contribution in [2.45, 2.75) is 59.2 Å². The molecular formula is C18H34N3O8P. The summed E-state index contributed by atoms with van der Waals surface area (Å²) in [6.45, 7) is 10.7. The third kappa shape index (κ3) is 8.12. The molecule has 2 atom stereocenters. The highest BCUT2D eigenvalue weighted by Gasteiger charge is 2.39. The van der Waals surface area contributed by atoms with Crippen LogP contribution in [0.4, 0.5) is 9.59 Å². The Kier molecular flexibility index (Phi) is 9.58. The first-order chi connectivity index (χ1) is 13.8. The van der Waals surface area contributed by atoms with Gasteiger partial charge in [0.1, 0.15) is 11.6 Å². The zero-order valence-corrected chi connectivity index (χ0v) is 19.4. The standard InChI is InChI=1S/C18H34N3O8P/c1-7-27-30(26,28-8-2)12-14(19-16(23)29-18(4,5)6)15(22)20-9-10-21(17(24)25)13(3)11-20/h13-14H,7-12H2,1-6H3,(H,19,23)(H,24,25)/t13?,14-/m0/s1. The van der Waals surface area contributed by atoms with Crippen LogP contribution < -0.4 is 5.32 Å². The summed E-state index contributed by atoms with van der Waals surface area (Å²) >= 11 is 0. The number of hydrogen-bond donors (Lipinski definition) is 2. The number of carbonyl (C=O) groups excluding carboxylic acids is 2. The lowest BCUT2D eigenvalue weighted by molar-refractivity contribution is -0.135. The van der Waals surface area contributed by atoms with Crippen LogP contribution in [0.15, 0.2) is 0 Å². The molecule has 1 saturated heterocycles. The fourth-order valence-corrected chi connectivity index (χ4v) is 4.82. The van der Waals surface area contributed by atoms with Crippen LogP contribution in [0.25, 0.3) is 0 Å². The summed E-state index contributed by atoms with van der Waals surface area (Å²) < 4.78 is 28.8. The molecule has 1 aliphatic heterocycles. The number of alkyl carbamates (subject to hydrolysis) is 1. The quantitative estimate of drug-likeness (QED) is 0.537. The van der Waals surface area contributed by atoms with Crippen LogP contribution in [0.1, 0.15) is 41.5 Å². The van der Waals surface area contributed by atoms with Gasteiger partial charge in [-0.2, -0.15) is 0 Å². The van der Waals surface area contributed by atoms with E-state index in [-0.39, 0.29) is 39.0 Å². The predicted octanol–water partition coefficient (Wildman–Crippen LogP) is 2.36. The third-order valence-electron chi connectivity index (χ3n) is 4.23. The number of ether oxygens (including phenoxy) is 1. The molecule has 0 radical (unpaired) electrons. The Morgan fingerprint density at radius 1 is 1.17 bits per heavy atom. The van der Waals surface area contributed by atoms with Crippen molar-refractivity contribution in [1.29, 1.82) is 0 Å². The lowest BCUT2D eigenvalue weighted by atomic mass is 10.1. The molecule has 1 heterocycles. The van der Waals surface area contributed by atoms with Crippen LogP contribution in [-0.4, -0.2) is 89.7 Å². The van der Waals surface area contributed by atoms with E-state index in [4.69, 9.17) is 13.8 Å². The first kappa shape index (κ1) is 26.2. The molecule has 1 fully saturated rings. The Morgan fingerprint density at radius 3 is 2.17 bits per heavy atom. The van der Waals surface area contributed by atoms with Gasteiger partial charge in [-0.3, -0.25) is 9.36 Å².